The van der Waals surface area contributed by atoms with Crippen LogP contribution in [0.2, 0.25) is 0 Å². The van der Waals surface area contributed by atoms with Gasteiger partial charge in [0.2, 0.25) is 11.7 Å². The minimum Gasteiger partial charge on any atom is -0.494 e. The van der Waals surface area contributed by atoms with E-state index < -0.39 is 28.2 Å². The molecule has 0 spiro atoms. The van der Waals surface area contributed by atoms with Crippen LogP contribution in [0.4, 0.5) is 20.2 Å². The molecule has 2 rings (SSSR count). The van der Waals surface area contributed by atoms with Gasteiger partial charge in [0.05, 0.1) is 18.5 Å². The highest BCUT2D eigenvalue weighted by atomic mass is 19.1. The number of carbonyl (C=O) groups is 1. The summed E-state index contributed by atoms with van der Waals surface area (Å²) in [4.78, 5) is 21.6. The third-order valence-corrected chi connectivity index (χ3v) is 3.01. The molecule has 0 saturated heterocycles. The fraction of sp³-hybridized carbons (Fsp3) is 0.133. The fourth-order valence-corrected chi connectivity index (χ4v) is 1.94. The Hall–Kier alpha value is -3.03. The Balaban J connectivity index is 2.09. The van der Waals surface area contributed by atoms with Crippen LogP contribution in [0.25, 0.3) is 0 Å². The van der Waals surface area contributed by atoms with Gasteiger partial charge in [-0.3, -0.25) is 14.9 Å². The van der Waals surface area contributed by atoms with Crippen LogP contribution in [0.1, 0.15) is 5.56 Å². The molecule has 0 fully saturated rings. The van der Waals surface area contributed by atoms with Crippen molar-refractivity contribution in [3.05, 3.63) is 63.7 Å². The third-order valence-electron chi connectivity index (χ3n) is 3.01. The lowest BCUT2D eigenvalue weighted by Crippen LogP contribution is -2.14. The molecule has 0 heterocycles. The smallest absolute Gasteiger partial charge is 0.306 e. The predicted molar refractivity (Wildman–Crippen MR) is 78.3 cm³/mol. The van der Waals surface area contributed by atoms with E-state index in [-0.39, 0.29) is 17.9 Å². The third kappa shape index (κ3) is 4.00. The first-order chi connectivity index (χ1) is 10.9. The van der Waals surface area contributed by atoms with Gasteiger partial charge in [-0.05, 0) is 29.8 Å². The maximum absolute atomic E-state index is 13.5. The normalized spacial score (nSPS) is 10.2. The average molecular weight is 322 g/mol. The second kappa shape index (κ2) is 6.82. The molecule has 1 N–H and O–H groups in total. The number of ether oxygens (including phenoxy) is 1. The standard InChI is InChI=1S/C15H12F2N2O4/c1-23-14-5-2-9(6-12(14)17)7-15(20)18-10-3-4-11(16)13(8-10)19(21)22/h2-6,8H,7H2,1H3,(H,18,20). The second-order valence-corrected chi connectivity index (χ2v) is 4.62. The molecular weight excluding hydrogens is 310 g/mol. The Labute approximate surface area is 129 Å². The molecule has 120 valence electrons. The van der Waals surface area contributed by atoms with Gasteiger partial charge in [0, 0.05) is 11.8 Å². The van der Waals surface area contributed by atoms with Crippen molar-refractivity contribution in [2.45, 2.75) is 6.42 Å². The fourth-order valence-electron chi connectivity index (χ4n) is 1.94. The SMILES string of the molecule is COc1ccc(CC(=O)Nc2ccc(F)c([N+](=O)[O-])c2)cc1F. The van der Waals surface area contributed by atoms with Crippen molar-refractivity contribution in [1.29, 1.82) is 0 Å². The van der Waals surface area contributed by atoms with E-state index in [9.17, 15) is 23.7 Å². The minimum atomic E-state index is -0.995. The minimum absolute atomic E-state index is 0.0586. The van der Waals surface area contributed by atoms with E-state index in [0.717, 1.165) is 18.2 Å². The van der Waals surface area contributed by atoms with E-state index in [1.807, 2.05) is 0 Å². The zero-order valence-corrected chi connectivity index (χ0v) is 12.0. The maximum atomic E-state index is 13.5. The van der Waals surface area contributed by atoms with Crippen molar-refractivity contribution in [1.82, 2.24) is 0 Å². The number of rotatable bonds is 5. The highest BCUT2D eigenvalue weighted by molar-refractivity contribution is 5.92. The number of nitrogens with one attached hydrogen (secondary N) is 1. The summed E-state index contributed by atoms with van der Waals surface area (Å²) in [6.45, 7) is 0. The molecule has 0 atom stereocenters. The molecule has 2 aromatic carbocycles. The van der Waals surface area contributed by atoms with Crippen molar-refractivity contribution in [2.24, 2.45) is 0 Å². The van der Waals surface area contributed by atoms with E-state index in [1.165, 1.54) is 25.3 Å². The quantitative estimate of drug-likeness (QED) is 0.677. The Morgan fingerprint density at radius 1 is 1.22 bits per heavy atom. The number of hydrogen-bond donors (Lipinski definition) is 1. The molecule has 0 aliphatic carbocycles. The summed E-state index contributed by atoms with van der Waals surface area (Å²) in [5, 5.41) is 13.0. The molecular formula is C15H12F2N2O4. The molecule has 1 amide bonds. The van der Waals surface area contributed by atoms with Gasteiger partial charge in [-0.15, -0.1) is 0 Å². The van der Waals surface area contributed by atoms with Crippen LogP contribution in [0.15, 0.2) is 36.4 Å². The van der Waals surface area contributed by atoms with Crippen LogP contribution in [0.5, 0.6) is 5.75 Å². The number of carbonyl (C=O) groups excluding carboxylic acids is 1. The monoisotopic (exact) mass is 322 g/mol. The van der Waals surface area contributed by atoms with E-state index in [4.69, 9.17) is 4.74 Å². The van der Waals surface area contributed by atoms with E-state index >= 15 is 0 Å². The maximum Gasteiger partial charge on any atom is 0.306 e. The van der Waals surface area contributed by atoms with Crippen molar-refractivity contribution in [3.8, 4) is 5.75 Å². The molecule has 23 heavy (non-hydrogen) atoms. The van der Waals surface area contributed by atoms with Crippen molar-refractivity contribution >= 4 is 17.3 Å². The summed E-state index contributed by atoms with van der Waals surface area (Å²) in [7, 11) is 1.33. The van der Waals surface area contributed by atoms with Crippen LogP contribution in [-0.4, -0.2) is 17.9 Å². The summed E-state index contributed by atoms with van der Waals surface area (Å²) in [6, 6.07) is 7.08. The number of anilines is 1. The van der Waals surface area contributed by atoms with E-state index in [1.54, 1.807) is 0 Å². The number of amides is 1. The molecule has 0 aromatic heterocycles. The number of hydrogen-bond acceptors (Lipinski definition) is 4. The van der Waals surface area contributed by atoms with Gasteiger partial charge in [0.25, 0.3) is 0 Å². The lowest BCUT2D eigenvalue weighted by Gasteiger charge is -2.07. The molecule has 0 radical (unpaired) electrons. The molecule has 0 unspecified atom stereocenters. The van der Waals surface area contributed by atoms with Crippen molar-refractivity contribution in [3.63, 3.8) is 0 Å². The largest absolute Gasteiger partial charge is 0.494 e. The van der Waals surface area contributed by atoms with Crippen LogP contribution >= 0.6 is 0 Å². The first-order valence-electron chi connectivity index (χ1n) is 6.47. The summed E-state index contributed by atoms with van der Waals surface area (Å²) in [5.41, 5.74) is -0.257. The van der Waals surface area contributed by atoms with E-state index in [0.29, 0.717) is 5.56 Å². The molecule has 0 aliphatic rings. The van der Waals surface area contributed by atoms with Crippen LogP contribution in [0, 0.1) is 21.7 Å². The predicted octanol–water partition coefficient (Wildman–Crippen LogP) is 3.06. The Morgan fingerprint density at radius 3 is 2.57 bits per heavy atom. The number of methoxy groups -OCH3 is 1. The summed E-state index contributed by atoms with van der Waals surface area (Å²) in [5.74, 6) is -2.06. The lowest BCUT2D eigenvalue weighted by molar-refractivity contribution is -0.387. The van der Waals surface area contributed by atoms with Crippen molar-refractivity contribution in [2.75, 3.05) is 12.4 Å². The van der Waals surface area contributed by atoms with E-state index in [2.05, 4.69) is 5.32 Å². The summed E-state index contributed by atoms with van der Waals surface area (Å²) < 4.78 is 31.5. The molecule has 2 aromatic rings. The molecule has 6 nitrogen and oxygen atoms in total. The second-order valence-electron chi connectivity index (χ2n) is 4.62. The Morgan fingerprint density at radius 2 is 1.96 bits per heavy atom. The number of benzene rings is 2. The van der Waals surface area contributed by atoms with Gasteiger partial charge in [0.15, 0.2) is 11.6 Å². The summed E-state index contributed by atoms with van der Waals surface area (Å²) in [6.07, 6.45) is -0.147. The van der Waals surface area contributed by atoms with Gasteiger partial charge in [-0.1, -0.05) is 6.07 Å². The first kappa shape index (κ1) is 16.3. The number of halogens is 2. The zero-order chi connectivity index (χ0) is 17.0. The van der Waals surface area contributed by atoms with Gasteiger partial charge in [-0.25, -0.2) is 4.39 Å². The molecule has 0 aliphatic heterocycles. The summed E-state index contributed by atoms with van der Waals surface area (Å²) >= 11 is 0. The van der Waals surface area contributed by atoms with Crippen LogP contribution in [0.3, 0.4) is 0 Å². The molecule has 0 bridgehead atoms. The first-order valence-corrected chi connectivity index (χ1v) is 6.47. The number of nitro groups is 1. The molecule has 8 heteroatoms. The highest BCUT2D eigenvalue weighted by Crippen LogP contribution is 2.22. The number of nitrogens with zero attached hydrogens (tertiary/aromatic N) is 1. The van der Waals surface area contributed by atoms with Crippen LogP contribution in [-0.2, 0) is 11.2 Å². The Bertz CT molecular complexity index is 765. The molecule has 0 saturated carbocycles. The topological polar surface area (TPSA) is 81.5 Å². The lowest BCUT2D eigenvalue weighted by atomic mass is 10.1. The van der Waals surface area contributed by atoms with Crippen molar-refractivity contribution < 1.29 is 23.2 Å². The van der Waals surface area contributed by atoms with Gasteiger partial charge in [-0.2, -0.15) is 4.39 Å². The van der Waals surface area contributed by atoms with Gasteiger partial charge >= 0.3 is 5.69 Å². The number of nitro benzene ring substituents is 1. The zero-order valence-electron chi connectivity index (χ0n) is 12.0. The van der Waals surface area contributed by atoms with Gasteiger partial charge < -0.3 is 10.1 Å². The van der Waals surface area contributed by atoms with Gasteiger partial charge in [0.1, 0.15) is 0 Å². The average Bonchev–Trinajstić information content (AvgIpc) is 2.49. The highest BCUT2D eigenvalue weighted by Gasteiger charge is 2.15. The Kier molecular flexibility index (Phi) is 4.85. The van der Waals surface area contributed by atoms with Crippen LogP contribution < -0.4 is 10.1 Å².